The maximum absolute atomic E-state index is 14.9. The lowest BCUT2D eigenvalue weighted by Gasteiger charge is -2.31. The minimum atomic E-state index is -1.49. The predicted octanol–water partition coefficient (Wildman–Crippen LogP) is 4.70. The number of carboxylic acid groups (broad SMARTS) is 2. The smallest absolute Gasteiger partial charge is 0.341 e. The summed E-state index contributed by atoms with van der Waals surface area (Å²) in [6.07, 6.45) is 4.87. The van der Waals surface area contributed by atoms with Gasteiger partial charge >= 0.3 is 11.9 Å². The van der Waals surface area contributed by atoms with Crippen LogP contribution < -0.4 is 41.8 Å². The predicted molar refractivity (Wildman–Crippen MR) is 308 cm³/mol. The second kappa shape index (κ2) is 32.1. The molecule has 7 atom stereocenters. The number of carboxylic acids is 2. The molecule has 1 fully saturated rings. The Labute approximate surface area is 484 Å². The van der Waals surface area contributed by atoms with E-state index in [1.165, 1.54) is 33.0 Å². The van der Waals surface area contributed by atoms with Gasteiger partial charge in [0.05, 0.1) is 12.5 Å². The number of nitrogens with zero attached hydrogens (tertiary/aromatic N) is 1. The molecular weight excluding hydrogens is 1070 g/mol. The average Bonchev–Trinajstić information content (AvgIpc) is 3.55. The lowest BCUT2D eigenvalue weighted by Crippen LogP contribution is -2.60. The van der Waals surface area contributed by atoms with E-state index in [2.05, 4.69) is 26.6 Å². The molecule has 0 unspecified atom stereocenters. The van der Waals surface area contributed by atoms with Gasteiger partial charge in [0.25, 0.3) is 0 Å². The summed E-state index contributed by atoms with van der Waals surface area (Å²) in [5.41, 5.74) is 9.31. The topological polar surface area (TPSA) is 319 Å². The number of aliphatic carboxylic acids is 2. The van der Waals surface area contributed by atoms with Crippen LogP contribution in [0.25, 0.3) is 11.1 Å². The summed E-state index contributed by atoms with van der Waals surface area (Å²) in [4.78, 5) is 134. The van der Waals surface area contributed by atoms with Crippen molar-refractivity contribution in [3.8, 4) is 22.6 Å². The second-order valence-electron chi connectivity index (χ2n) is 21.8. The molecule has 0 heterocycles. The number of rotatable bonds is 32. The number of benzene rings is 4. The molecule has 0 aromatic heterocycles. The fourth-order valence-electron chi connectivity index (χ4n) is 9.76. The van der Waals surface area contributed by atoms with Crippen LogP contribution in [0.1, 0.15) is 103 Å². The van der Waals surface area contributed by atoms with Gasteiger partial charge in [0, 0.05) is 25.8 Å². The number of hydrogen-bond donors (Lipinski definition) is 8. The van der Waals surface area contributed by atoms with Gasteiger partial charge in [-0.3, -0.25) is 38.4 Å². The van der Waals surface area contributed by atoms with Crippen LogP contribution in [0.3, 0.4) is 0 Å². The third kappa shape index (κ3) is 21.7. The van der Waals surface area contributed by atoms with Gasteiger partial charge in [0.2, 0.25) is 41.4 Å². The van der Waals surface area contributed by atoms with E-state index in [4.69, 9.17) is 25.4 Å². The fraction of sp³-hybridized carbons (Fsp3) is 0.452. The van der Waals surface area contributed by atoms with Crippen molar-refractivity contribution in [2.24, 2.45) is 23.5 Å². The highest BCUT2D eigenvalue weighted by Gasteiger charge is 2.36. The van der Waals surface area contributed by atoms with Crippen LogP contribution in [0.15, 0.2) is 103 Å². The van der Waals surface area contributed by atoms with E-state index in [-0.39, 0.29) is 49.1 Å². The quantitative estimate of drug-likeness (QED) is 0.0329. The monoisotopic (exact) mass is 1150 g/mol. The Morgan fingerprint density at radius 1 is 0.542 bits per heavy atom. The average molecular weight is 1150 g/mol. The summed E-state index contributed by atoms with van der Waals surface area (Å²) in [7, 11) is 1.35. The molecule has 1 aliphatic rings. The SMILES string of the molecule is CC(=O)[C@H](CC1CCCCC1)NC(=O)[C@H](CC(N)=O)NC(=O)[C@@H](CC(C)C)NC(=O)[C@H](C)N(C)C(=O)[C@H](Cc1ccc(OCC(=O)O)cc1)NC(=O)[C@H](Cc1ccc(-c2ccccc2)cc1)NC(=O)[C@@H](C)Cc1ccc(OCC(=O)O)cc1. The van der Waals surface area contributed by atoms with Gasteiger partial charge in [0.15, 0.2) is 19.0 Å². The fourth-order valence-corrected chi connectivity index (χ4v) is 9.76. The molecular formula is C62H79N7O14. The highest BCUT2D eigenvalue weighted by Crippen LogP contribution is 2.28. The first-order valence-corrected chi connectivity index (χ1v) is 28.0. The molecule has 0 saturated heterocycles. The first-order chi connectivity index (χ1) is 39.4. The Kier molecular flexibility index (Phi) is 25.2. The van der Waals surface area contributed by atoms with E-state index < -0.39 is 115 Å². The zero-order valence-electron chi connectivity index (χ0n) is 48.0. The minimum Gasteiger partial charge on any atom is -0.482 e. The van der Waals surface area contributed by atoms with Gasteiger partial charge in [-0.05, 0) is 97.0 Å². The maximum Gasteiger partial charge on any atom is 0.341 e. The summed E-state index contributed by atoms with van der Waals surface area (Å²) in [6.45, 7) is 6.94. The van der Waals surface area contributed by atoms with Gasteiger partial charge in [-0.2, -0.15) is 0 Å². The maximum atomic E-state index is 14.9. The summed E-state index contributed by atoms with van der Waals surface area (Å²) in [5.74, 6) is -7.99. The van der Waals surface area contributed by atoms with Crippen LogP contribution in [-0.4, -0.2) is 131 Å². The highest BCUT2D eigenvalue weighted by molar-refractivity contribution is 5.98. The van der Waals surface area contributed by atoms with Crippen molar-refractivity contribution in [3.63, 3.8) is 0 Å². The van der Waals surface area contributed by atoms with Crippen LogP contribution in [0.4, 0.5) is 0 Å². The number of carbonyl (C=O) groups is 10. The first-order valence-electron chi connectivity index (χ1n) is 28.0. The molecule has 1 aliphatic carbocycles. The molecule has 0 bridgehead atoms. The molecule has 0 radical (unpaired) electrons. The Hall–Kier alpha value is -8.62. The normalized spacial score (nSPS) is 14.9. The third-order valence-corrected chi connectivity index (χ3v) is 14.5. The Balaban J connectivity index is 1.39. The van der Waals surface area contributed by atoms with Gasteiger partial charge in [-0.15, -0.1) is 0 Å². The van der Waals surface area contributed by atoms with Crippen molar-refractivity contribution in [2.45, 2.75) is 141 Å². The molecule has 0 spiro atoms. The number of ketones is 1. The number of nitrogens with two attached hydrogens (primary N) is 1. The summed E-state index contributed by atoms with van der Waals surface area (Å²) >= 11 is 0. The van der Waals surface area contributed by atoms with E-state index in [9.17, 15) is 47.9 Å². The van der Waals surface area contributed by atoms with E-state index in [1.54, 1.807) is 57.2 Å². The molecule has 4 aromatic carbocycles. The van der Waals surface area contributed by atoms with Crippen molar-refractivity contribution in [1.29, 1.82) is 0 Å². The molecule has 7 amide bonds. The third-order valence-electron chi connectivity index (χ3n) is 14.5. The van der Waals surface area contributed by atoms with Crippen molar-refractivity contribution in [2.75, 3.05) is 20.3 Å². The number of likely N-dealkylation sites (N-methyl/N-ethyl adjacent to an activating group) is 1. The van der Waals surface area contributed by atoms with E-state index in [0.29, 0.717) is 23.3 Å². The summed E-state index contributed by atoms with van der Waals surface area (Å²) in [6, 6.07) is 22.2. The molecule has 9 N–H and O–H groups in total. The lowest BCUT2D eigenvalue weighted by molar-refractivity contribution is -0.142. The Morgan fingerprint density at radius 2 is 0.988 bits per heavy atom. The Morgan fingerprint density at radius 3 is 1.51 bits per heavy atom. The van der Waals surface area contributed by atoms with Crippen molar-refractivity contribution in [1.82, 2.24) is 31.5 Å². The van der Waals surface area contributed by atoms with Crippen LogP contribution in [0.5, 0.6) is 11.5 Å². The first kappa shape index (κ1) is 65.2. The Bertz CT molecular complexity index is 2860. The number of hydrogen-bond acceptors (Lipinski definition) is 12. The van der Waals surface area contributed by atoms with Gasteiger partial charge in [0.1, 0.15) is 41.7 Å². The zero-order chi connectivity index (χ0) is 60.8. The van der Waals surface area contributed by atoms with Gasteiger partial charge < -0.3 is 56.9 Å². The van der Waals surface area contributed by atoms with Crippen LogP contribution in [0.2, 0.25) is 0 Å². The number of carbonyl (C=O) groups excluding carboxylic acids is 8. The van der Waals surface area contributed by atoms with Crippen LogP contribution >= 0.6 is 0 Å². The number of nitrogens with one attached hydrogen (secondary N) is 5. The summed E-state index contributed by atoms with van der Waals surface area (Å²) in [5, 5.41) is 31.9. The second-order valence-corrected chi connectivity index (χ2v) is 21.8. The lowest BCUT2D eigenvalue weighted by atomic mass is 9.84. The standard InChI is InChI=1S/C62H79N7O14/c1-37(2)29-50(59(78)67-52(34-54(63)71)61(80)64-49(40(5)70)31-41-13-9-7-10-14-41)66-58(77)39(4)69(6)62(81)53(33-44-21-27-48(28-22-44)83-36-56(74)75)68-60(79)51(32-43-17-23-46(24-18-43)45-15-11-8-12-16-45)65-57(76)38(3)30-42-19-25-47(26-20-42)82-35-55(72)73/h8,11-12,15-28,37-39,41,49-53H,7,9-10,13-14,29-36H2,1-6H3,(H2,63,71)(H,64,80)(H,65,76)(H,66,77)(H,67,78)(H,68,79)(H,72,73)(H,74,75)/t38-,39-,49-,50+,51-,52-,53-/m0/s1. The summed E-state index contributed by atoms with van der Waals surface area (Å²) < 4.78 is 10.6. The number of ether oxygens (including phenoxy) is 2. The van der Waals surface area contributed by atoms with E-state index in [1.807, 2.05) is 54.6 Å². The number of amides is 7. The zero-order valence-corrected chi connectivity index (χ0v) is 48.0. The molecule has 5 rings (SSSR count). The molecule has 21 nitrogen and oxygen atoms in total. The highest BCUT2D eigenvalue weighted by atomic mass is 16.5. The van der Waals surface area contributed by atoms with E-state index in [0.717, 1.165) is 53.7 Å². The van der Waals surface area contributed by atoms with Crippen molar-refractivity contribution >= 4 is 59.1 Å². The number of primary amides is 1. The molecule has 1 saturated carbocycles. The molecule has 446 valence electrons. The minimum absolute atomic E-state index is 0.0147. The van der Waals surface area contributed by atoms with Crippen molar-refractivity contribution < 1.29 is 67.6 Å². The molecule has 21 heteroatoms. The van der Waals surface area contributed by atoms with Crippen molar-refractivity contribution in [3.05, 3.63) is 120 Å². The van der Waals surface area contributed by atoms with Gasteiger partial charge in [-0.1, -0.05) is 132 Å². The van der Waals surface area contributed by atoms with Crippen LogP contribution in [0, 0.1) is 17.8 Å². The largest absolute Gasteiger partial charge is 0.482 e. The van der Waals surface area contributed by atoms with Crippen LogP contribution in [-0.2, 0) is 67.2 Å². The molecule has 0 aliphatic heterocycles. The van der Waals surface area contributed by atoms with E-state index >= 15 is 0 Å². The molecule has 83 heavy (non-hydrogen) atoms. The van der Waals surface area contributed by atoms with Gasteiger partial charge in [-0.25, -0.2) is 9.59 Å². The number of Topliss-reactive ketones (excluding diaryl/α,β-unsaturated/α-hetero) is 1. The molecule has 4 aromatic rings.